The number of fused-ring (bicyclic) bond motifs is 3. The monoisotopic (exact) mass is 425 g/mol. The minimum Gasteiger partial charge on any atom is -0.497 e. The van der Waals surface area contributed by atoms with E-state index in [9.17, 15) is 4.79 Å². The van der Waals surface area contributed by atoms with E-state index < -0.39 is 0 Å². The topological polar surface area (TPSA) is 57.4 Å². The molecule has 5 heteroatoms. The van der Waals surface area contributed by atoms with Crippen LogP contribution in [0.3, 0.4) is 0 Å². The van der Waals surface area contributed by atoms with Gasteiger partial charge in [0, 0.05) is 28.8 Å². The highest BCUT2D eigenvalue weighted by atomic mass is 16.5. The van der Waals surface area contributed by atoms with Crippen LogP contribution >= 0.6 is 0 Å². The molecule has 0 aliphatic carbocycles. The smallest absolute Gasteiger partial charge is 0.322 e. The van der Waals surface area contributed by atoms with Gasteiger partial charge in [-0.05, 0) is 72.9 Å². The second-order valence-electron chi connectivity index (χ2n) is 8.41. The van der Waals surface area contributed by atoms with Crippen molar-refractivity contribution in [3.8, 4) is 5.75 Å². The van der Waals surface area contributed by atoms with Crippen LogP contribution in [0.4, 0.5) is 10.5 Å². The molecule has 162 valence electrons. The predicted molar refractivity (Wildman–Crippen MR) is 128 cm³/mol. The minimum atomic E-state index is -0.205. The quantitative estimate of drug-likeness (QED) is 0.425. The van der Waals surface area contributed by atoms with Gasteiger partial charge in [-0.25, -0.2) is 4.79 Å². The molecule has 5 rings (SSSR count). The number of benzene rings is 3. The van der Waals surface area contributed by atoms with E-state index in [2.05, 4.69) is 42.3 Å². The Morgan fingerprint density at radius 1 is 1.03 bits per heavy atom. The van der Waals surface area contributed by atoms with Crippen LogP contribution < -0.4 is 10.1 Å². The summed E-state index contributed by atoms with van der Waals surface area (Å²) in [6.07, 6.45) is 0.812. The number of anilines is 1. The number of carbonyl (C=O) groups is 1. The number of aryl methyl sites for hydroxylation is 2. The molecule has 32 heavy (non-hydrogen) atoms. The second-order valence-corrected chi connectivity index (χ2v) is 8.41. The van der Waals surface area contributed by atoms with Crippen molar-refractivity contribution < 1.29 is 9.53 Å². The molecule has 0 fully saturated rings. The number of urea groups is 1. The maximum atomic E-state index is 13.5. The Balaban J connectivity index is 1.55. The molecular weight excluding hydrogens is 398 g/mol. The summed E-state index contributed by atoms with van der Waals surface area (Å²) in [5.74, 6) is 0.799. The van der Waals surface area contributed by atoms with E-state index in [0.717, 1.165) is 40.2 Å². The van der Waals surface area contributed by atoms with Crippen LogP contribution in [0.15, 0.2) is 66.7 Å². The van der Waals surface area contributed by atoms with Crippen LogP contribution in [-0.4, -0.2) is 29.6 Å². The highest BCUT2D eigenvalue weighted by Gasteiger charge is 2.34. The lowest BCUT2D eigenvalue weighted by Crippen LogP contribution is -2.43. The molecule has 4 aromatic rings. The van der Waals surface area contributed by atoms with Gasteiger partial charge in [-0.2, -0.15) is 0 Å². The summed E-state index contributed by atoms with van der Waals surface area (Å²) in [4.78, 5) is 19.0. The van der Waals surface area contributed by atoms with Gasteiger partial charge in [-0.1, -0.05) is 36.4 Å². The number of H-pyrrole nitrogens is 1. The Morgan fingerprint density at radius 3 is 2.56 bits per heavy atom. The molecule has 5 nitrogen and oxygen atoms in total. The van der Waals surface area contributed by atoms with E-state index in [0.29, 0.717) is 6.54 Å². The predicted octanol–water partition coefficient (Wildman–Crippen LogP) is 5.97. The zero-order chi connectivity index (χ0) is 22.2. The van der Waals surface area contributed by atoms with Gasteiger partial charge in [0.1, 0.15) is 5.75 Å². The number of ether oxygens (including phenoxy) is 1. The first-order valence-corrected chi connectivity index (χ1v) is 10.9. The zero-order valence-corrected chi connectivity index (χ0v) is 18.6. The number of aromatic nitrogens is 1. The van der Waals surface area contributed by atoms with E-state index in [1.165, 1.54) is 16.5 Å². The van der Waals surface area contributed by atoms with Crippen LogP contribution in [0, 0.1) is 13.8 Å². The minimum absolute atomic E-state index is 0.0987. The van der Waals surface area contributed by atoms with E-state index in [1.807, 2.05) is 53.4 Å². The summed E-state index contributed by atoms with van der Waals surface area (Å²) in [5.41, 5.74) is 7.70. The fourth-order valence-corrected chi connectivity index (χ4v) is 4.61. The molecule has 1 atom stereocenters. The number of carbonyl (C=O) groups excluding carboxylic acids is 1. The molecular formula is C27H27N3O2. The SMILES string of the molecule is COc1ccc(C2c3[nH]c4ccccc4c3CCN2C(=O)Nc2ccc(C)c(C)c2)cc1. The standard InChI is InChI=1S/C27H27N3O2/c1-17-8-11-20(16-18(17)2)28-27(31)30-15-14-23-22-6-4-5-7-24(22)29-25(23)26(30)19-9-12-21(32-3)13-10-19/h4-13,16,26,29H,14-15H2,1-3H3,(H,28,31). The van der Waals surface area contributed by atoms with Gasteiger partial charge in [0.2, 0.25) is 0 Å². The van der Waals surface area contributed by atoms with Crippen molar-refractivity contribution in [1.82, 2.24) is 9.88 Å². The number of methoxy groups -OCH3 is 1. The van der Waals surface area contributed by atoms with Gasteiger partial charge < -0.3 is 19.9 Å². The maximum absolute atomic E-state index is 13.5. The Morgan fingerprint density at radius 2 is 1.81 bits per heavy atom. The molecule has 0 saturated heterocycles. The average molecular weight is 426 g/mol. The Kier molecular flexibility index (Phi) is 5.10. The number of aromatic amines is 1. The van der Waals surface area contributed by atoms with Gasteiger partial charge in [0.15, 0.2) is 0 Å². The van der Waals surface area contributed by atoms with Crippen LogP contribution in [0.5, 0.6) is 5.75 Å². The molecule has 2 N–H and O–H groups in total. The molecule has 3 aromatic carbocycles. The van der Waals surface area contributed by atoms with Crippen molar-refractivity contribution in [2.75, 3.05) is 19.0 Å². The summed E-state index contributed by atoms with van der Waals surface area (Å²) in [5, 5.41) is 4.35. The Bertz CT molecular complexity index is 1290. The van der Waals surface area contributed by atoms with Crippen molar-refractivity contribution in [2.45, 2.75) is 26.3 Å². The third-order valence-electron chi connectivity index (χ3n) is 6.49. The molecule has 2 heterocycles. The first-order chi connectivity index (χ1) is 15.5. The highest BCUT2D eigenvalue weighted by Crippen LogP contribution is 2.39. The summed E-state index contributed by atoms with van der Waals surface area (Å²) < 4.78 is 5.35. The van der Waals surface area contributed by atoms with Crippen LogP contribution in [0.1, 0.15) is 34.0 Å². The normalized spacial score (nSPS) is 15.5. The van der Waals surface area contributed by atoms with Crippen molar-refractivity contribution in [2.24, 2.45) is 0 Å². The van der Waals surface area contributed by atoms with E-state index >= 15 is 0 Å². The summed E-state index contributed by atoms with van der Waals surface area (Å²) in [6, 6.07) is 22.1. The zero-order valence-electron chi connectivity index (χ0n) is 18.6. The Labute approximate surface area is 188 Å². The molecule has 1 unspecified atom stereocenters. The number of hydrogen-bond acceptors (Lipinski definition) is 2. The van der Waals surface area contributed by atoms with Gasteiger partial charge in [-0.15, -0.1) is 0 Å². The number of rotatable bonds is 3. The molecule has 1 aliphatic rings. The largest absolute Gasteiger partial charge is 0.497 e. The fraction of sp³-hybridized carbons (Fsp3) is 0.222. The van der Waals surface area contributed by atoms with Crippen molar-refractivity contribution in [3.05, 3.63) is 94.7 Å². The van der Waals surface area contributed by atoms with E-state index in [-0.39, 0.29) is 12.1 Å². The third-order valence-corrected chi connectivity index (χ3v) is 6.49. The highest BCUT2D eigenvalue weighted by molar-refractivity contribution is 5.91. The van der Waals surface area contributed by atoms with Crippen molar-refractivity contribution >= 4 is 22.6 Å². The molecule has 0 spiro atoms. The molecule has 1 aromatic heterocycles. The molecule has 0 bridgehead atoms. The van der Waals surface area contributed by atoms with Gasteiger partial charge in [0.25, 0.3) is 0 Å². The maximum Gasteiger partial charge on any atom is 0.322 e. The van der Waals surface area contributed by atoms with Gasteiger partial charge >= 0.3 is 6.03 Å². The number of amides is 2. The van der Waals surface area contributed by atoms with Crippen LogP contribution in [0.25, 0.3) is 10.9 Å². The summed E-state index contributed by atoms with van der Waals surface area (Å²) in [6.45, 7) is 4.77. The van der Waals surface area contributed by atoms with E-state index in [1.54, 1.807) is 7.11 Å². The van der Waals surface area contributed by atoms with E-state index in [4.69, 9.17) is 4.74 Å². The Hall–Kier alpha value is -3.73. The average Bonchev–Trinajstić information content (AvgIpc) is 3.19. The summed E-state index contributed by atoms with van der Waals surface area (Å²) >= 11 is 0. The lowest BCUT2D eigenvalue weighted by molar-refractivity contribution is 0.193. The van der Waals surface area contributed by atoms with Crippen LogP contribution in [-0.2, 0) is 6.42 Å². The molecule has 0 saturated carbocycles. The third kappa shape index (κ3) is 3.50. The number of hydrogen-bond donors (Lipinski definition) is 2. The lowest BCUT2D eigenvalue weighted by atomic mass is 9.92. The fourth-order valence-electron chi connectivity index (χ4n) is 4.61. The number of nitrogens with zero attached hydrogens (tertiary/aromatic N) is 1. The molecule has 2 amide bonds. The molecule has 1 aliphatic heterocycles. The number of nitrogens with one attached hydrogen (secondary N) is 2. The first kappa shape index (κ1) is 20.2. The first-order valence-electron chi connectivity index (χ1n) is 10.9. The van der Waals surface area contributed by atoms with Crippen molar-refractivity contribution in [3.63, 3.8) is 0 Å². The van der Waals surface area contributed by atoms with Crippen LogP contribution in [0.2, 0.25) is 0 Å². The summed E-state index contributed by atoms with van der Waals surface area (Å²) in [7, 11) is 1.66. The molecule has 0 radical (unpaired) electrons. The lowest BCUT2D eigenvalue weighted by Gasteiger charge is -2.36. The number of para-hydroxylation sites is 1. The van der Waals surface area contributed by atoms with Gasteiger partial charge in [0.05, 0.1) is 13.2 Å². The van der Waals surface area contributed by atoms with Gasteiger partial charge in [-0.3, -0.25) is 0 Å². The second kappa shape index (κ2) is 8.08. The van der Waals surface area contributed by atoms with Crippen molar-refractivity contribution in [1.29, 1.82) is 0 Å².